The number of ether oxygens (including phenoxy) is 2. The highest BCUT2D eigenvalue weighted by atomic mass is 16.5. The summed E-state index contributed by atoms with van der Waals surface area (Å²) in [6.07, 6.45) is 3.12. The van der Waals surface area contributed by atoms with Crippen LogP contribution in [0.2, 0.25) is 0 Å². The molecule has 1 aromatic heterocycles. The Kier molecular flexibility index (Phi) is 5.18. The Bertz CT molecular complexity index is 434. The van der Waals surface area contributed by atoms with Gasteiger partial charge in [-0.1, -0.05) is 5.16 Å². The van der Waals surface area contributed by atoms with E-state index in [0.29, 0.717) is 37.5 Å². The lowest BCUT2D eigenvalue weighted by atomic mass is 10.1. The summed E-state index contributed by atoms with van der Waals surface area (Å²) >= 11 is 0. The monoisotopic (exact) mass is 296 g/mol. The van der Waals surface area contributed by atoms with Gasteiger partial charge in [-0.3, -0.25) is 0 Å². The molecule has 2 aliphatic rings. The molecule has 1 N–H and O–H groups in total. The molecule has 2 aliphatic heterocycles. The second-order valence-electron chi connectivity index (χ2n) is 5.74. The maximum Gasteiger partial charge on any atom is 0.229 e. The number of likely N-dealkylation sites (N-methyl/N-ethyl adjacent to an activating group) is 1. The number of piperidine rings is 1. The summed E-state index contributed by atoms with van der Waals surface area (Å²) in [5, 5.41) is 7.36. The predicted molar refractivity (Wildman–Crippen MR) is 76.0 cm³/mol. The molecular weight excluding hydrogens is 272 g/mol. The third kappa shape index (κ3) is 4.23. The first-order valence-electron chi connectivity index (χ1n) is 7.76. The Morgan fingerprint density at radius 1 is 1.38 bits per heavy atom. The van der Waals surface area contributed by atoms with Crippen molar-refractivity contribution in [2.45, 2.75) is 31.5 Å². The van der Waals surface area contributed by atoms with Gasteiger partial charge >= 0.3 is 0 Å². The number of morpholine rings is 1. The summed E-state index contributed by atoms with van der Waals surface area (Å²) in [6.45, 7) is 5.20. The highest BCUT2D eigenvalue weighted by molar-refractivity contribution is 4.94. The number of nitrogens with one attached hydrogen (secondary N) is 1. The van der Waals surface area contributed by atoms with Gasteiger partial charge in [-0.05, 0) is 33.0 Å². The van der Waals surface area contributed by atoms with Crippen molar-refractivity contribution in [3.63, 3.8) is 0 Å². The van der Waals surface area contributed by atoms with E-state index < -0.39 is 0 Å². The lowest BCUT2D eigenvalue weighted by Crippen LogP contribution is -2.35. The predicted octanol–water partition coefficient (Wildman–Crippen LogP) is 0.384. The van der Waals surface area contributed by atoms with E-state index in [0.717, 1.165) is 39.0 Å². The third-order valence-corrected chi connectivity index (χ3v) is 4.00. The van der Waals surface area contributed by atoms with Gasteiger partial charge in [0.15, 0.2) is 0 Å². The van der Waals surface area contributed by atoms with Crippen molar-refractivity contribution in [2.75, 3.05) is 46.4 Å². The Hall–Kier alpha value is -1.02. The average Bonchev–Trinajstić information content (AvgIpc) is 2.97. The largest absolute Gasteiger partial charge is 0.378 e. The Morgan fingerprint density at radius 2 is 2.24 bits per heavy atom. The van der Waals surface area contributed by atoms with E-state index in [1.165, 1.54) is 0 Å². The first-order valence-corrected chi connectivity index (χ1v) is 7.76. The summed E-state index contributed by atoms with van der Waals surface area (Å²) in [4.78, 5) is 6.64. The van der Waals surface area contributed by atoms with Crippen molar-refractivity contribution in [3.8, 4) is 0 Å². The first kappa shape index (κ1) is 14.9. The minimum absolute atomic E-state index is 0.0772. The number of rotatable bonds is 5. The van der Waals surface area contributed by atoms with E-state index in [9.17, 15) is 0 Å². The minimum atomic E-state index is -0.0772. The molecule has 2 saturated heterocycles. The zero-order chi connectivity index (χ0) is 14.5. The molecule has 7 nitrogen and oxygen atoms in total. The molecule has 21 heavy (non-hydrogen) atoms. The maximum absolute atomic E-state index is 5.85. The van der Waals surface area contributed by atoms with Crippen molar-refractivity contribution in [2.24, 2.45) is 0 Å². The lowest BCUT2D eigenvalue weighted by molar-refractivity contribution is -0.0264. The summed E-state index contributed by atoms with van der Waals surface area (Å²) in [7, 11) is 2.07. The van der Waals surface area contributed by atoms with Gasteiger partial charge in [-0.25, -0.2) is 0 Å². The van der Waals surface area contributed by atoms with E-state index in [4.69, 9.17) is 14.0 Å². The van der Waals surface area contributed by atoms with Gasteiger partial charge in [0.1, 0.15) is 6.10 Å². The second kappa shape index (κ2) is 7.31. The summed E-state index contributed by atoms with van der Waals surface area (Å²) in [6, 6.07) is 0. The molecule has 0 aliphatic carbocycles. The molecule has 0 bridgehead atoms. The fourth-order valence-electron chi connectivity index (χ4n) is 2.71. The normalized spacial score (nSPS) is 25.3. The van der Waals surface area contributed by atoms with E-state index in [1.807, 2.05) is 0 Å². The van der Waals surface area contributed by atoms with Crippen LogP contribution >= 0.6 is 0 Å². The second-order valence-corrected chi connectivity index (χ2v) is 5.74. The SMILES string of the molecule is CN1CCOC(c2noc(CCOC3CCNCC3)n2)C1. The highest BCUT2D eigenvalue weighted by Crippen LogP contribution is 2.19. The maximum atomic E-state index is 5.85. The van der Waals surface area contributed by atoms with Gasteiger partial charge in [0.05, 0.1) is 25.7 Å². The standard InChI is InChI=1S/C14H24N4O3/c1-18-7-9-20-12(10-18)14-16-13(21-17-14)4-8-19-11-2-5-15-6-3-11/h11-12,15H,2-10H2,1H3. The van der Waals surface area contributed by atoms with Gasteiger partial charge in [0, 0.05) is 13.1 Å². The van der Waals surface area contributed by atoms with Crippen LogP contribution in [0.5, 0.6) is 0 Å². The molecule has 1 unspecified atom stereocenters. The van der Waals surface area contributed by atoms with Crippen molar-refractivity contribution >= 4 is 0 Å². The Balaban J connectivity index is 1.44. The fourth-order valence-corrected chi connectivity index (χ4v) is 2.71. The molecule has 3 rings (SSSR count). The van der Waals surface area contributed by atoms with Crippen molar-refractivity contribution < 1.29 is 14.0 Å². The van der Waals surface area contributed by atoms with Gasteiger partial charge in [-0.15, -0.1) is 0 Å². The van der Waals surface area contributed by atoms with Crippen molar-refractivity contribution in [3.05, 3.63) is 11.7 Å². The van der Waals surface area contributed by atoms with E-state index in [-0.39, 0.29) is 6.10 Å². The van der Waals surface area contributed by atoms with Gasteiger partial charge in [0.25, 0.3) is 0 Å². The van der Waals surface area contributed by atoms with Gasteiger partial charge < -0.3 is 24.2 Å². The van der Waals surface area contributed by atoms with Gasteiger partial charge in [-0.2, -0.15) is 4.98 Å². The molecular formula is C14H24N4O3. The quantitative estimate of drug-likeness (QED) is 0.842. The molecule has 1 aromatic rings. The van der Waals surface area contributed by atoms with Crippen LogP contribution in [0, 0.1) is 0 Å². The summed E-state index contributed by atoms with van der Waals surface area (Å²) < 4.78 is 16.8. The summed E-state index contributed by atoms with van der Waals surface area (Å²) in [5.74, 6) is 1.29. The number of aromatic nitrogens is 2. The number of hydrogen-bond donors (Lipinski definition) is 1. The molecule has 0 saturated carbocycles. The first-order chi connectivity index (χ1) is 10.3. The zero-order valence-electron chi connectivity index (χ0n) is 12.6. The number of nitrogens with zero attached hydrogens (tertiary/aromatic N) is 3. The smallest absolute Gasteiger partial charge is 0.229 e. The van der Waals surface area contributed by atoms with Crippen LogP contribution in [0.4, 0.5) is 0 Å². The average molecular weight is 296 g/mol. The summed E-state index contributed by atoms with van der Waals surface area (Å²) in [5.41, 5.74) is 0. The van der Waals surface area contributed by atoms with Crippen LogP contribution in [0.25, 0.3) is 0 Å². The minimum Gasteiger partial charge on any atom is -0.378 e. The van der Waals surface area contributed by atoms with E-state index >= 15 is 0 Å². The Morgan fingerprint density at radius 3 is 3.05 bits per heavy atom. The van der Waals surface area contributed by atoms with Crippen LogP contribution in [0.1, 0.15) is 30.7 Å². The molecule has 0 spiro atoms. The molecule has 1 atom stereocenters. The molecule has 0 aromatic carbocycles. The van der Waals surface area contributed by atoms with Gasteiger partial charge in [0.2, 0.25) is 11.7 Å². The van der Waals surface area contributed by atoms with Crippen LogP contribution in [0.3, 0.4) is 0 Å². The van der Waals surface area contributed by atoms with E-state index in [2.05, 4.69) is 27.4 Å². The molecule has 7 heteroatoms. The molecule has 3 heterocycles. The van der Waals surface area contributed by atoms with Crippen molar-refractivity contribution in [1.82, 2.24) is 20.4 Å². The fraction of sp³-hybridized carbons (Fsp3) is 0.857. The van der Waals surface area contributed by atoms with Crippen LogP contribution in [-0.2, 0) is 15.9 Å². The molecule has 0 amide bonds. The lowest BCUT2D eigenvalue weighted by Gasteiger charge is -2.27. The van der Waals surface area contributed by atoms with E-state index in [1.54, 1.807) is 0 Å². The third-order valence-electron chi connectivity index (χ3n) is 4.00. The molecule has 0 radical (unpaired) electrons. The van der Waals surface area contributed by atoms with Crippen molar-refractivity contribution in [1.29, 1.82) is 0 Å². The zero-order valence-corrected chi connectivity index (χ0v) is 12.6. The van der Waals surface area contributed by atoms with Crippen LogP contribution in [-0.4, -0.2) is 67.6 Å². The Labute approximate surface area is 125 Å². The topological polar surface area (TPSA) is 72.7 Å². The molecule has 118 valence electrons. The van der Waals surface area contributed by atoms with Crippen LogP contribution in [0.15, 0.2) is 4.52 Å². The van der Waals surface area contributed by atoms with Crippen LogP contribution < -0.4 is 5.32 Å². The number of hydrogen-bond acceptors (Lipinski definition) is 7. The molecule has 2 fully saturated rings. The highest BCUT2D eigenvalue weighted by Gasteiger charge is 2.24.